The summed E-state index contributed by atoms with van der Waals surface area (Å²) in [5.41, 5.74) is 1.40. The number of benzene rings is 2. The summed E-state index contributed by atoms with van der Waals surface area (Å²) in [6.07, 6.45) is 0.107. The molecule has 0 bridgehead atoms. The van der Waals surface area contributed by atoms with Gasteiger partial charge in [0.15, 0.2) is 0 Å². The molecular weight excluding hydrogens is 365 g/mol. The Kier molecular flexibility index (Phi) is 5.00. The zero-order valence-electron chi connectivity index (χ0n) is 11.4. The largest absolute Gasteiger partial charge is 0.491 e. The molecule has 0 spiro atoms. The number of amides is 1. The van der Waals surface area contributed by atoms with Gasteiger partial charge < -0.3 is 10.1 Å². The van der Waals surface area contributed by atoms with Gasteiger partial charge in [0.1, 0.15) is 5.75 Å². The summed E-state index contributed by atoms with van der Waals surface area (Å²) in [4.78, 5) is 12.2. The van der Waals surface area contributed by atoms with E-state index >= 15 is 0 Å². The van der Waals surface area contributed by atoms with Crippen LogP contribution in [0.3, 0.4) is 0 Å². The molecule has 104 valence electrons. The zero-order valence-corrected chi connectivity index (χ0v) is 13.5. The summed E-state index contributed by atoms with van der Waals surface area (Å²) >= 11 is 2.16. The lowest BCUT2D eigenvalue weighted by Crippen LogP contribution is -2.13. The second kappa shape index (κ2) is 6.74. The van der Waals surface area contributed by atoms with Gasteiger partial charge in [-0.15, -0.1) is 0 Å². The number of nitrogens with one attached hydrogen (secondary N) is 1. The van der Waals surface area contributed by atoms with Crippen LogP contribution in [0.2, 0.25) is 0 Å². The maximum absolute atomic E-state index is 12.2. The predicted molar refractivity (Wildman–Crippen MR) is 89.3 cm³/mol. The molecule has 1 amide bonds. The summed E-state index contributed by atoms with van der Waals surface area (Å²) in [7, 11) is 0. The van der Waals surface area contributed by atoms with E-state index in [1.54, 1.807) is 0 Å². The monoisotopic (exact) mass is 381 g/mol. The highest BCUT2D eigenvalue weighted by molar-refractivity contribution is 14.1. The van der Waals surface area contributed by atoms with Crippen LogP contribution in [-0.2, 0) is 0 Å². The maximum Gasteiger partial charge on any atom is 0.256 e. The molecule has 2 aromatic rings. The van der Waals surface area contributed by atoms with Crippen molar-refractivity contribution >= 4 is 34.2 Å². The highest BCUT2D eigenvalue weighted by Crippen LogP contribution is 2.20. The summed E-state index contributed by atoms with van der Waals surface area (Å²) in [6.45, 7) is 3.94. The third kappa shape index (κ3) is 3.96. The van der Waals surface area contributed by atoms with Gasteiger partial charge in [0.05, 0.1) is 11.7 Å². The van der Waals surface area contributed by atoms with Gasteiger partial charge in [-0.05, 0) is 60.7 Å². The lowest BCUT2D eigenvalue weighted by atomic mass is 10.2. The van der Waals surface area contributed by atoms with E-state index in [1.807, 2.05) is 62.4 Å². The lowest BCUT2D eigenvalue weighted by Gasteiger charge is -2.12. The molecule has 0 atom stereocenters. The quantitative estimate of drug-likeness (QED) is 0.801. The topological polar surface area (TPSA) is 38.3 Å². The predicted octanol–water partition coefficient (Wildman–Crippen LogP) is 4.33. The number of halogens is 1. The van der Waals surface area contributed by atoms with Crippen molar-refractivity contribution in [2.24, 2.45) is 0 Å². The van der Waals surface area contributed by atoms with E-state index in [9.17, 15) is 4.79 Å². The minimum atomic E-state index is -0.114. The third-order valence-electron chi connectivity index (χ3n) is 2.58. The fourth-order valence-electron chi connectivity index (χ4n) is 1.76. The van der Waals surface area contributed by atoms with Crippen molar-refractivity contribution in [3.05, 3.63) is 57.7 Å². The zero-order chi connectivity index (χ0) is 14.5. The van der Waals surface area contributed by atoms with Gasteiger partial charge in [-0.25, -0.2) is 0 Å². The molecule has 0 fully saturated rings. The normalized spacial score (nSPS) is 10.4. The van der Waals surface area contributed by atoms with Crippen molar-refractivity contribution in [2.45, 2.75) is 20.0 Å². The highest BCUT2D eigenvalue weighted by atomic mass is 127. The van der Waals surface area contributed by atoms with Crippen LogP contribution >= 0.6 is 22.6 Å². The van der Waals surface area contributed by atoms with Crippen LogP contribution in [0.25, 0.3) is 0 Å². The van der Waals surface area contributed by atoms with Crippen molar-refractivity contribution in [1.29, 1.82) is 0 Å². The van der Waals surface area contributed by atoms with Gasteiger partial charge >= 0.3 is 0 Å². The molecule has 1 N–H and O–H groups in total. The Morgan fingerprint density at radius 3 is 2.60 bits per heavy atom. The summed E-state index contributed by atoms with van der Waals surface area (Å²) in [5, 5.41) is 2.89. The maximum atomic E-state index is 12.2. The van der Waals surface area contributed by atoms with Crippen LogP contribution in [0.1, 0.15) is 24.2 Å². The second-order valence-electron chi connectivity index (χ2n) is 4.63. The van der Waals surface area contributed by atoms with Crippen LogP contribution in [-0.4, -0.2) is 12.0 Å². The van der Waals surface area contributed by atoms with Crippen molar-refractivity contribution in [1.82, 2.24) is 0 Å². The fourth-order valence-corrected chi connectivity index (χ4v) is 2.40. The van der Waals surface area contributed by atoms with Gasteiger partial charge in [0.25, 0.3) is 5.91 Å². The van der Waals surface area contributed by atoms with Gasteiger partial charge in [-0.3, -0.25) is 4.79 Å². The van der Waals surface area contributed by atoms with Crippen LogP contribution in [0, 0.1) is 3.57 Å². The summed E-state index contributed by atoms with van der Waals surface area (Å²) < 4.78 is 6.54. The lowest BCUT2D eigenvalue weighted by molar-refractivity contribution is 0.102. The van der Waals surface area contributed by atoms with Crippen molar-refractivity contribution in [2.75, 3.05) is 5.32 Å². The molecule has 0 aliphatic heterocycles. The molecule has 0 saturated carbocycles. The Morgan fingerprint density at radius 2 is 1.90 bits per heavy atom. The smallest absolute Gasteiger partial charge is 0.256 e. The first-order valence-electron chi connectivity index (χ1n) is 6.39. The molecule has 0 heterocycles. The van der Waals surface area contributed by atoms with Crippen LogP contribution in [0.5, 0.6) is 5.75 Å². The van der Waals surface area contributed by atoms with E-state index < -0.39 is 0 Å². The SMILES string of the molecule is CC(C)Oc1cccc(NC(=O)c2ccccc2I)c1. The Balaban J connectivity index is 2.14. The van der Waals surface area contributed by atoms with Gasteiger partial charge in [-0.1, -0.05) is 18.2 Å². The van der Waals surface area contributed by atoms with E-state index in [-0.39, 0.29) is 12.0 Å². The van der Waals surface area contributed by atoms with Gasteiger partial charge in [0, 0.05) is 15.3 Å². The van der Waals surface area contributed by atoms with Gasteiger partial charge in [0.2, 0.25) is 0 Å². The number of rotatable bonds is 4. The third-order valence-corrected chi connectivity index (χ3v) is 3.52. The average molecular weight is 381 g/mol. The number of hydrogen-bond acceptors (Lipinski definition) is 2. The van der Waals surface area contributed by atoms with E-state index in [2.05, 4.69) is 27.9 Å². The molecule has 4 heteroatoms. The number of hydrogen-bond donors (Lipinski definition) is 1. The Bertz CT molecular complexity index is 611. The van der Waals surface area contributed by atoms with Crippen molar-refractivity contribution in [3.8, 4) is 5.75 Å². The molecule has 3 nitrogen and oxygen atoms in total. The standard InChI is InChI=1S/C16H16INO2/c1-11(2)20-13-7-5-6-12(10-13)18-16(19)14-8-3-4-9-15(14)17/h3-11H,1-2H3,(H,18,19). The first kappa shape index (κ1) is 14.8. The van der Waals surface area contributed by atoms with E-state index in [0.717, 1.165) is 15.0 Å². The van der Waals surface area contributed by atoms with Crippen LogP contribution in [0.15, 0.2) is 48.5 Å². The minimum absolute atomic E-state index is 0.107. The van der Waals surface area contributed by atoms with E-state index in [4.69, 9.17) is 4.74 Å². The number of carbonyl (C=O) groups excluding carboxylic acids is 1. The van der Waals surface area contributed by atoms with Crippen LogP contribution < -0.4 is 10.1 Å². The Labute approximate surface area is 132 Å². The molecule has 2 rings (SSSR count). The molecule has 0 radical (unpaired) electrons. The second-order valence-corrected chi connectivity index (χ2v) is 5.79. The Morgan fingerprint density at radius 1 is 1.15 bits per heavy atom. The fraction of sp³-hybridized carbons (Fsp3) is 0.188. The first-order valence-corrected chi connectivity index (χ1v) is 7.47. The molecule has 20 heavy (non-hydrogen) atoms. The average Bonchev–Trinajstić information content (AvgIpc) is 2.38. The summed E-state index contributed by atoms with van der Waals surface area (Å²) in [5.74, 6) is 0.636. The van der Waals surface area contributed by atoms with Crippen molar-refractivity contribution in [3.63, 3.8) is 0 Å². The van der Waals surface area contributed by atoms with Gasteiger partial charge in [-0.2, -0.15) is 0 Å². The molecule has 0 aliphatic rings. The molecule has 0 aliphatic carbocycles. The molecule has 0 aromatic heterocycles. The molecule has 2 aromatic carbocycles. The number of anilines is 1. The summed E-state index contributed by atoms with van der Waals surface area (Å²) in [6, 6.07) is 14.9. The molecular formula is C16H16INO2. The van der Waals surface area contributed by atoms with Crippen LogP contribution in [0.4, 0.5) is 5.69 Å². The molecule has 0 unspecified atom stereocenters. The Hall–Kier alpha value is -1.56. The minimum Gasteiger partial charge on any atom is -0.491 e. The van der Waals surface area contributed by atoms with Crippen molar-refractivity contribution < 1.29 is 9.53 Å². The highest BCUT2D eigenvalue weighted by Gasteiger charge is 2.09. The first-order chi connectivity index (χ1) is 9.56. The van der Waals surface area contributed by atoms with E-state index in [1.165, 1.54) is 0 Å². The van der Waals surface area contributed by atoms with E-state index in [0.29, 0.717) is 5.56 Å². The number of carbonyl (C=O) groups is 1. The number of ether oxygens (including phenoxy) is 1. The molecule has 0 saturated heterocycles.